The fourth-order valence-corrected chi connectivity index (χ4v) is 2.96. The van der Waals surface area contributed by atoms with Crippen LogP contribution in [0.15, 0.2) is 48.4 Å². The van der Waals surface area contributed by atoms with Gasteiger partial charge in [0.2, 0.25) is 5.91 Å². The highest BCUT2D eigenvalue weighted by Gasteiger charge is 2.12. The molecule has 0 spiro atoms. The van der Waals surface area contributed by atoms with Crippen molar-refractivity contribution in [2.75, 3.05) is 5.32 Å². The van der Waals surface area contributed by atoms with E-state index in [1.165, 1.54) is 11.0 Å². The molecule has 1 amide bonds. The van der Waals surface area contributed by atoms with Crippen LogP contribution in [0.5, 0.6) is 0 Å². The molecule has 0 saturated heterocycles. The predicted molar refractivity (Wildman–Crippen MR) is 85.0 cm³/mol. The quantitative estimate of drug-likeness (QED) is 0.616. The Morgan fingerprint density at radius 1 is 1.30 bits per heavy atom. The molecule has 8 nitrogen and oxygen atoms in total. The van der Waals surface area contributed by atoms with Gasteiger partial charge in [-0.3, -0.25) is 9.20 Å². The summed E-state index contributed by atoms with van der Waals surface area (Å²) < 4.78 is 3.32. The minimum absolute atomic E-state index is 0.0552. The molecule has 0 radical (unpaired) electrons. The number of thiazole rings is 1. The number of hydrogen-bond donors (Lipinski definition) is 1. The number of imidazole rings is 1. The molecule has 1 aromatic carbocycles. The molecular formula is C14H11N7OS. The molecule has 0 unspecified atom stereocenters. The number of fused-ring (bicyclic) bond motifs is 1. The van der Waals surface area contributed by atoms with E-state index >= 15 is 0 Å². The van der Waals surface area contributed by atoms with E-state index in [0.717, 1.165) is 16.2 Å². The summed E-state index contributed by atoms with van der Waals surface area (Å²) in [5.41, 5.74) is 2.39. The number of rotatable bonds is 4. The summed E-state index contributed by atoms with van der Waals surface area (Å²) in [6.45, 7) is 0.0552. The minimum Gasteiger partial charge on any atom is -0.324 e. The Morgan fingerprint density at radius 2 is 2.22 bits per heavy atom. The van der Waals surface area contributed by atoms with Crippen LogP contribution in [0.2, 0.25) is 0 Å². The van der Waals surface area contributed by atoms with Crippen molar-refractivity contribution < 1.29 is 4.79 Å². The highest BCUT2D eigenvalue weighted by molar-refractivity contribution is 7.15. The van der Waals surface area contributed by atoms with Gasteiger partial charge < -0.3 is 5.32 Å². The average molecular weight is 325 g/mol. The second-order valence-corrected chi connectivity index (χ2v) is 5.69. The molecule has 0 aliphatic heterocycles. The molecule has 0 atom stereocenters. The third kappa shape index (κ3) is 2.69. The number of nitrogens with one attached hydrogen (secondary N) is 1. The fraction of sp³-hybridized carbons (Fsp3) is 0.0714. The van der Waals surface area contributed by atoms with Crippen molar-refractivity contribution in [1.82, 2.24) is 29.6 Å². The number of tetrazole rings is 1. The lowest BCUT2D eigenvalue weighted by atomic mass is 10.1. The van der Waals surface area contributed by atoms with Crippen molar-refractivity contribution in [2.24, 2.45) is 0 Å². The van der Waals surface area contributed by atoms with Gasteiger partial charge in [0, 0.05) is 23.3 Å². The van der Waals surface area contributed by atoms with Crippen molar-refractivity contribution in [3.8, 4) is 11.3 Å². The van der Waals surface area contributed by atoms with E-state index in [2.05, 4.69) is 25.8 Å². The molecule has 9 heteroatoms. The summed E-state index contributed by atoms with van der Waals surface area (Å²) in [4.78, 5) is 17.6. The first-order valence-electron chi connectivity index (χ1n) is 6.82. The van der Waals surface area contributed by atoms with Gasteiger partial charge in [-0.1, -0.05) is 18.2 Å². The zero-order valence-corrected chi connectivity index (χ0v) is 12.6. The first kappa shape index (κ1) is 13.6. The SMILES string of the molecule is O=C(Cn1cnnn1)Nc1ccccc1-c1cn2ccsc2n1. The van der Waals surface area contributed by atoms with Gasteiger partial charge in [-0.05, 0) is 16.5 Å². The molecule has 3 heterocycles. The Hall–Kier alpha value is -3.07. The number of anilines is 1. The Labute approximate surface area is 134 Å². The van der Waals surface area contributed by atoms with Crippen LogP contribution in [-0.4, -0.2) is 35.5 Å². The third-order valence-electron chi connectivity index (χ3n) is 3.27. The highest BCUT2D eigenvalue weighted by atomic mass is 32.1. The van der Waals surface area contributed by atoms with Gasteiger partial charge in [0.05, 0.1) is 11.4 Å². The number of aromatic nitrogens is 6. The summed E-state index contributed by atoms with van der Waals surface area (Å²) in [6, 6.07) is 7.56. The number of nitrogens with zero attached hydrogens (tertiary/aromatic N) is 6. The highest BCUT2D eigenvalue weighted by Crippen LogP contribution is 2.28. The van der Waals surface area contributed by atoms with Crippen molar-refractivity contribution in [3.63, 3.8) is 0 Å². The number of para-hydroxylation sites is 1. The molecule has 0 fully saturated rings. The van der Waals surface area contributed by atoms with E-state index in [1.54, 1.807) is 11.3 Å². The van der Waals surface area contributed by atoms with Crippen LogP contribution in [-0.2, 0) is 11.3 Å². The Morgan fingerprint density at radius 3 is 3.04 bits per heavy atom. The van der Waals surface area contributed by atoms with Gasteiger partial charge in [0.25, 0.3) is 0 Å². The molecule has 3 aromatic heterocycles. The fourth-order valence-electron chi connectivity index (χ4n) is 2.26. The van der Waals surface area contributed by atoms with E-state index in [0.29, 0.717) is 5.69 Å². The number of benzene rings is 1. The van der Waals surface area contributed by atoms with Crippen LogP contribution in [0, 0.1) is 0 Å². The van der Waals surface area contributed by atoms with E-state index in [-0.39, 0.29) is 12.5 Å². The number of amides is 1. The second kappa shape index (κ2) is 5.61. The largest absolute Gasteiger partial charge is 0.324 e. The molecule has 4 rings (SSSR count). The molecular weight excluding hydrogens is 314 g/mol. The van der Waals surface area contributed by atoms with Crippen LogP contribution in [0.3, 0.4) is 0 Å². The van der Waals surface area contributed by atoms with Gasteiger partial charge >= 0.3 is 0 Å². The molecule has 4 aromatic rings. The minimum atomic E-state index is -0.203. The number of carbonyl (C=O) groups is 1. The lowest BCUT2D eigenvalue weighted by Crippen LogP contribution is -2.19. The summed E-state index contributed by atoms with van der Waals surface area (Å²) in [6.07, 6.45) is 5.29. The van der Waals surface area contributed by atoms with Crippen LogP contribution >= 0.6 is 11.3 Å². The molecule has 0 bridgehead atoms. The van der Waals surface area contributed by atoms with Gasteiger partial charge in [0.15, 0.2) is 4.96 Å². The zero-order valence-electron chi connectivity index (χ0n) is 11.8. The molecule has 0 aliphatic rings. The topological polar surface area (TPSA) is 90.0 Å². The second-order valence-electron chi connectivity index (χ2n) is 4.82. The van der Waals surface area contributed by atoms with E-state index in [4.69, 9.17) is 0 Å². The monoisotopic (exact) mass is 325 g/mol. The molecule has 23 heavy (non-hydrogen) atoms. The lowest BCUT2D eigenvalue weighted by Gasteiger charge is -2.09. The van der Waals surface area contributed by atoms with E-state index in [9.17, 15) is 4.79 Å². The van der Waals surface area contributed by atoms with E-state index in [1.807, 2.05) is 46.4 Å². The molecule has 0 aliphatic carbocycles. The van der Waals surface area contributed by atoms with Crippen molar-refractivity contribution in [3.05, 3.63) is 48.4 Å². The summed E-state index contributed by atoms with van der Waals surface area (Å²) in [5.74, 6) is -0.203. The maximum absolute atomic E-state index is 12.1. The Bertz CT molecular complexity index is 928. The molecule has 1 N–H and O–H groups in total. The first-order valence-corrected chi connectivity index (χ1v) is 7.70. The van der Waals surface area contributed by atoms with Crippen molar-refractivity contribution >= 4 is 27.9 Å². The van der Waals surface area contributed by atoms with Crippen LogP contribution < -0.4 is 5.32 Å². The average Bonchev–Trinajstić information content (AvgIpc) is 3.24. The molecule has 114 valence electrons. The van der Waals surface area contributed by atoms with Crippen LogP contribution in [0.25, 0.3) is 16.2 Å². The summed E-state index contributed by atoms with van der Waals surface area (Å²) >= 11 is 1.56. The van der Waals surface area contributed by atoms with Crippen molar-refractivity contribution in [2.45, 2.75) is 6.54 Å². The zero-order chi connectivity index (χ0) is 15.6. The summed E-state index contributed by atoms with van der Waals surface area (Å²) in [5, 5.41) is 15.6. The van der Waals surface area contributed by atoms with Gasteiger partial charge in [0.1, 0.15) is 12.9 Å². The Kier molecular flexibility index (Phi) is 3.31. The molecule has 0 saturated carbocycles. The number of carbonyl (C=O) groups excluding carboxylic acids is 1. The van der Waals surface area contributed by atoms with E-state index < -0.39 is 0 Å². The van der Waals surface area contributed by atoms with Gasteiger partial charge in [-0.2, -0.15) is 0 Å². The first-order chi connectivity index (χ1) is 11.3. The van der Waals surface area contributed by atoms with Crippen LogP contribution in [0.4, 0.5) is 5.69 Å². The maximum Gasteiger partial charge on any atom is 0.246 e. The maximum atomic E-state index is 12.1. The predicted octanol–water partition coefficient (Wildman–Crippen LogP) is 1.69. The Balaban J connectivity index is 1.61. The lowest BCUT2D eigenvalue weighted by molar-refractivity contribution is -0.116. The van der Waals surface area contributed by atoms with Crippen LogP contribution in [0.1, 0.15) is 0 Å². The number of hydrogen-bond acceptors (Lipinski definition) is 6. The third-order valence-corrected chi connectivity index (χ3v) is 4.04. The van der Waals surface area contributed by atoms with Gasteiger partial charge in [-0.15, -0.1) is 16.4 Å². The standard InChI is InChI=1S/C14H11N7OS/c22-13(8-21-9-15-18-19-21)16-11-4-2-1-3-10(11)12-7-20-5-6-23-14(20)17-12/h1-7,9H,8H2,(H,16,22). The normalized spacial score (nSPS) is 11.0. The van der Waals surface area contributed by atoms with Crippen molar-refractivity contribution in [1.29, 1.82) is 0 Å². The summed E-state index contributed by atoms with van der Waals surface area (Å²) in [7, 11) is 0. The smallest absolute Gasteiger partial charge is 0.246 e. The van der Waals surface area contributed by atoms with Gasteiger partial charge in [-0.25, -0.2) is 9.67 Å².